The highest BCUT2D eigenvalue weighted by Crippen LogP contribution is 2.33. The molecule has 0 aliphatic carbocycles. The second-order valence-corrected chi connectivity index (χ2v) is 11.0. The van der Waals surface area contributed by atoms with Crippen molar-refractivity contribution in [3.63, 3.8) is 0 Å². The summed E-state index contributed by atoms with van der Waals surface area (Å²) >= 11 is 0. The molecule has 2 saturated heterocycles. The van der Waals surface area contributed by atoms with Crippen LogP contribution in [-0.4, -0.2) is 40.3 Å². The predicted molar refractivity (Wildman–Crippen MR) is 110 cm³/mol. The van der Waals surface area contributed by atoms with Crippen molar-refractivity contribution >= 4 is 5.97 Å². The van der Waals surface area contributed by atoms with E-state index in [2.05, 4.69) is 66.0 Å². The van der Waals surface area contributed by atoms with Gasteiger partial charge >= 0.3 is 5.97 Å². The first-order valence-corrected chi connectivity index (χ1v) is 10.2. The molecule has 156 valence electrons. The lowest BCUT2D eigenvalue weighted by Crippen LogP contribution is -2.60. The molecule has 0 aromatic rings. The highest BCUT2D eigenvalue weighted by Gasteiger charge is 2.41. The number of piperidine rings is 2. The van der Waals surface area contributed by atoms with Gasteiger partial charge in [-0.05, 0) is 68.4 Å². The molecule has 0 saturated carbocycles. The van der Waals surface area contributed by atoms with Crippen LogP contribution in [0.25, 0.3) is 0 Å². The first kappa shape index (κ1) is 22.2. The van der Waals surface area contributed by atoms with Gasteiger partial charge in [0.25, 0.3) is 0 Å². The number of carbonyl (C=O) groups is 1. The van der Waals surface area contributed by atoms with Gasteiger partial charge < -0.3 is 20.1 Å². The molecule has 0 radical (unpaired) electrons. The maximum Gasteiger partial charge on any atom is 0.373 e. The maximum atomic E-state index is 12.8. The number of ether oxygens (including phenoxy) is 2. The predicted octanol–water partition coefficient (Wildman–Crippen LogP) is 4.07. The Kier molecular flexibility index (Phi) is 6.09. The Morgan fingerprint density at radius 2 is 1.07 bits per heavy atom. The van der Waals surface area contributed by atoms with E-state index in [1.165, 1.54) is 0 Å². The smallest absolute Gasteiger partial charge is 0.373 e. The lowest BCUT2D eigenvalue weighted by molar-refractivity contribution is -0.154. The van der Waals surface area contributed by atoms with Gasteiger partial charge in [-0.2, -0.15) is 0 Å². The Morgan fingerprint density at radius 3 is 1.41 bits per heavy atom. The molecule has 0 aromatic heterocycles. The fourth-order valence-corrected chi connectivity index (χ4v) is 5.25. The number of carbonyl (C=O) groups excluding carboxylic acids is 1. The normalized spacial score (nSPS) is 27.8. The van der Waals surface area contributed by atoms with E-state index in [9.17, 15) is 4.79 Å². The third-order valence-electron chi connectivity index (χ3n) is 5.34. The first-order valence-electron chi connectivity index (χ1n) is 10.2. The average Bonchev–Trinajstić information content (AvgIpc) is 2.37. The third kappa shape index (κ3) is 6.49. The highest BCUT2D eigenvalue weighted by atomic mass is 16.6. The minimum Gasteiger partial charge on any atom is -0.483 e. The van der Waals surface area contributed by atoms with E-state index in [4.69, 9.17) is 9.47 Å². The monoisotopic (exact) mass is 380 g/mol. The Hall–Kier alpha value is -1.07. The average molecular weight is 381 g/mol. The van der Waals surface area contributed by atoms with E-state index in [1.807, 2.05) is 6.92 Å². The summed E-state index contributed by atoms with van der Waals surface area (Å²) in [6.07, 6.45) is 4.93. The lowest BCUT2D eigenvalue weighted by atomic mass is 9.81. The Morgan fingerprint density at radius 1 is 0.741 bits per heavy atom. The second-order valence-electron chi connectivity index (χ2n) is 11.0. The molecule has 0 aromatic carbocycles. The van der Waals surface area contributed by atoms with Gasteiger partial charge in [0.1, 0.15) is 12.2 Å². The summed E-state index contributed by atoms with van der Waals surface area (Å²) in [5, 5.41) is 7.26. The van der Waals surface area contributed by atoms with Gasteiger partial charge in [0.15, 0.2) is 0 Å². The van der Waals surface area contributed by atoms with Crippen LogP contribution in [0.15, 0.2) is 11.8 Å². The zero-order chi connectivity index (χ0) is 20.7. The molecule has 0 unspecified atom stereocenters. The number of hydrogen-bond acceptors (Lipinski definition) is 5. The summed E-state index contributed by atoms with van der Waals surface area (Å²) in [7, 11) is 0. The SMILES string of the molecule is CC=C(OC1CC(C)(C)NC(C)(C)C1)C(=O)OC1CC(C)(C)NC(C)(C)C1. The van der Waals surface area contributed by atoms with E-state index >= 15 is 0 Å². The zero-order valence-corrected chi connectivity index (χ0v) is 18.8. The molecule has 2 aliphatic heterocycles. The molecular formula is C22H40N2O3. The number of hydrogen-bond donors (Lipinski definition) is 2. The molecule has 2 rings (SSSR count). The van der Waals surface area contributed by atoms with Crippen LogP contribution in [0.5, 0.6) is 0 Å². The van der Waals surface area contributed by atoms with Crippen LogP contribution >= 0.6 is 0 Å². The number of esters is 1. The van der Waals surface area contributed by atoms with Crippen LogP contribution in [0, 0.1) is 0 Å². The van der Waals surface area contributed by atoms with E-state index in [-0.39, 0.29) is 40.3 Å². The van der Waals surface area contributed by atoms with Crippen LogP contribution in [-0.2, 0) is 14.3 Å². The number of rotatable bonds is 4. The summed E-state index contributed by atoms with van der Waals surface area (Å²) < 4.78 is 12.0. The summed E-state index contributed by atoms with van der Waals surface area (Å²) in [4.78, 5) is 12.8. The van der Waals surface area contributed by atoms with Gasteiger partial charge in [0.2, 0.25) is 5.76 Å². The van der Waals surface area contributed by atoms with Gasteiger partial charge in [-0.3, -0.25) is 0 Å². The van der Waals surface area contributed by atoms with Crippen molar-refractivity contribution in [2.24, 2.45) is 0 Å². The standard InChI is InChI=1S/C22H40N2O3/c1-10-17(26-15-11-19(2,3)23-20(4,5)12-15)18(25)27-16-13-21(6,7)24-22(8,9)14-16/h10,15-16,23-24H,11-14H2,1-9H3. The van der Waals surface area contributed by atoms with Crippen LogP contribution in [0.3, 0.4) is 0 Å². The van der Waals surface area contributed by atoms with Crippen LogP contribution in [0.1, 0.15) is 88.0 Å². The fraction of sp³-hybridized carbons (Fsp3) is 0.864. The molecule has 2 heterocycles. The van der Waals surface area contributed by atoms with Crippen molar-refractivity contribution in [1.29, 1.82) is 0 Å². The third-order valence-corrected chi connectivity index (χ3v) is 5.34. The number of allylic oxidation sites excluding steroid dienone is 1. The largest absolute Gasteiger partial charge is 0.483 e. The van der Waals surface area contributed by atoms with Crippen LogP contribution in [0.2, 0.25) is 0 Å². The molecule has 0 atom stereocenters. The van der Waals surface area contributed by atoms with Crippen molar-refractivity contribution in [3.8, 4) is 0 Å². The highest BCUT2D eigenvalue weighted by molar-refractivity contribution is 5.86. The molecular weight excluding hydrogens is 340 g/mol. The van der Waals surface area contributed by atoms with Gasteiger partial charge in [-0.15, -0.1) is 0 Å². The fourth-order valence-electron chi connectivity index (χ4n) is 5.25. The molecule has 0 spiro atoms. The summed E-state index contributed by atoms with van der Waals surface area (Å²) in [5.74, 6) is -0.00668. The number of nitrogens with one attached hydrogen (secondary N) is 2. The molecule has 0 bridgehead atoms. The Bertz CT molecular complexity index is 558. The van der Waals surface area contributed by atoms with E-state index in [0.717, 1.165) is 25.7 Å². The van der Waals surface area contributed by atoms with Crippen LogP contribution in [0.4, 0.5) is 0 Å². The minimum absolute atomic E-state index is 0.00379. The van der Waals surface area contributed by atoms with Gasteiger partial charge in [0, 0.05) is 47.8 Å². The van der Waals surface area contributed by atoms with Crippen molar-refractivity contribution in [1.82, 2.24) is 10.6 Å². The zero-order valence-electron chi connectivity index (χ0n) is 18.8. The van der Waals surface area contributed by atoms with Crippen molar-refractivity contribution in [2.75, 3.05) is 0 Å². The molecule has 2 aliphatic rings. The summed E-state index contributed by atoms with van der Waals surface area (Å²) in [5.41, 5.74) is -0.185. The molecule has 2 fully saturated rings. The topological polar surface area (TPSA) is 59.6 Å². The van der Waals surface area contributed by atoms with Gasteiger partial charge in [0.05, 0.1) is 0 Å². The van der Waals surface area contributed by atoms with Crippen molar-refractivity contribution < 1.29 is 14.3 Å². The maximum absolute atomic E-state index is 12.8. The quantitative estimate of drug-likeness (QED) is 0.437. The van der Waals surface area contributed by atoms with E-state index < -0.39 is 0 Å². The minimum atomic E-state index is -0.342. The van der Waals surface area contributed by atoms with E-state index in [1.54, 1.807) is 6.08 Å². The summed E-state index contributed by atoms with van der Waals surface area (Å²) in [6.45, 7) is 19.2. The van der Waals surface area contributed by atoms with Gasteiger partial charge in [-0.25, -0.2) is 4.79 Å². The molecule has 5 heteroatoms. The summed E-state index contributed by atoms with van der Waals surface area (Å²) in [6, 6.07) is 0. The van der Waals surface area contributed by atoms with Crippen molar-refractivity contribution in [3.05, 3.63) is 11.8 Å². The lowest BCUT2D eigenvalue weighted by Gasteiger charge is -2.46. The van der Waals surface area contributed by atoms with E-state index in [0.29, 0.717) is 5.76 Å². The molecule has 2 N–H and O–H groups in total. The Balaban J connectivity index is 2.02. The van der Waals surface area contributed by atoms with Crippen LogP contribution < -0.4 is 10.6 Å². The van der Waals surface area contributed by atoms with Gasteiger partial charge in [-0.1, -0.05) is 0 Å². The first-order chi connectivity index (χ1) is 12.1. The molecule has 27 heavy (non-hydrogen) atoms. The molecule has 5 nitrogen and oxygen atoms in total. The second kappa shape index (κ2) is 7.40. The van der Waals surface area contributed by atoms with Crippen molar-refractivity contribution in [2.45, 2.75) is 122 Å². The molecule has 0 amide bonds. The Labute approximate surface area is 165 Å².